The van der Waals surface area contributed by atoms with E-state index >= 15 is 0 Å². The molecule has 0 aromatic heterocycles. The SMILES string of the molecule is CC#CCNC(CN)c1cc(OC)cc(OC)c1. The van der Waals surface area contributed by atoms with E-state index in [9.17, 15) is 0 Å². The van der Waals surface area contributed by atoms with Crippen molar-refractivity contribution in [3.05, 3.63) is 23.8 Å². The van der Waals surface area contributed by atoms with E-state index in [0.717, 1.165) is 17.1 Å². The molecule has 0 spiro atoms. The van der Waals surface area contributed by atoms with E-state index in [4.69, 9.17) is 15.2 Å². The van der Waals surface area contributed by atoms with Crippen molar-refractivity contribution in [3.8, 4) is 23.3 Å². The fourth-order valence-electron chi connectivity index (χ4n) is 1.63. The lowest BCUT2D eigenvalue weighted by Crippen LogP contribution is -2.28. The third kappa shape index (κ3) is 3.95. The van der Waals surface area contributed by atoms with Gasteiger partial charge in [0.15, 0.2) is 0 Å². The summed E-state index contributed by atoms with van der Waals surface area (Å²) < 4.78 is 10.5. The summed E-state index contributed by atoms with van der Waals surface area (Å²) in [4.78, 5) is 0. The highest BCUT2D eigenvalue weighted by atomic mass is 16.5. The van der Waals surface area contributed by atoms with Crippen LogP contribution in [0.4, 0.5) is 0 Å². The maximum absolute atomic E-state index is 5.78. The van der Waals surface area contributed by atoms with Crippen LogP contribution in [0, 0.1) is 11.8 Å². The summed E-state index contributed by atoms with van der Waals surface area (Å²) in [6.45, 7) is 2.91. The molecule has 1 aromatic rings. The minimum Gasteiger partial charge on any atom is -0.497 e. The quantitative estimate of drug-likeness (QED) is 0.745. The van der Waals surface area contributed by atoms with Gasteiger partial charge in [0.1, 0.15) is 11.5 Å². The number of rotatable bonds is 6. The number of methoxy groups -OCH3 is 2. The normalized spacial score (nSPS) is 11.3. The Morgan fingerprint density at radius 2 is 1.83 bits per heavy atom. The van der Waals surface area contributed by atoms with Crippen LogP contribution in [0.5, 0.6) is 11.5 Å². The second-order valence-electron chi connectivity index (χ2n) is 3.74. The first kappa shape index (κ1) is 14.4. The van der Waals surface area contributed by atoms with Crippen LogP contribution < -0.4 is 20.5 Å². The maximum Gasteiger partial charge on any atom is 0.122 e. The topological polar surface area (TPSA) is 56.5 Å². The predicted octanol–water partition coefficient (Wildman–Crippen LogP) is 1.32. The van der Waals surface area contributed by atoms with Crippen LogP contribution in [-0.2, 0) is 0 Å². The molecule has 4 nitrogen and oxygen atoms in total. The molecule has 4 heteroatoms. The average Bonchev–Trinajstić information content (AvgIpc) is 2.43. The van der Waals surface area contributed by atoms with Gasteiger partial charge in [-0.05, 0) is 24.6 Å². The Kier molecular flexibility index (Phi) is 6.06. The maximum atomic E-state index is 5.78. The molecule has 0 aliphatic heterocycles. The highest BCUT2D eigenvalue weighted by Crippen LogP contribution is 2.25. The molecule has 0 aliphatic carbocycles. The van der Waals surface area contributed by atoms with Crippen molar-refractivity contribution in [2.45, 2.75) is 13.0 Å². The molecule has 1 atom stereocenters. The van der Waals surface area contributed by atoms with Gasteiger partial charge in [0.25, 0.3) is 0 Å². The molecule has 1 unspecified atom stereocenters. The van der Waals surface area contributed by atoms with Gasteiger partial charge in [-0.2, -0.15) is 0 Å². The van der Waals surface area contributed by atoms with Gasteiger partial charge in [-0.25, -0.2) is 0 Å². The molecule has 0 aliphatic rings. The van der Waals surface area contributed by atoms with Crippen molar-refractivity contribution in [2.75, 3.05) is 27.3 Å². The molecule has 0 fully saturated rings. The number of hydrogen-bond donors (Lipinski definition) is 2. The lowest BCUT2D eigenvalue weighted by atomic mass is 10.1. The fourth-order valence-corrected chi connectivity index (χ4v) is 1.63. The smallest absolute Gasteiger partial charge is 0.122 e. The summed E-state index contributed by atoms with van der Waals surface area (Å²) in [6.07, 6.45) is 0. The van der Waals surface area contributed by atoms with Gasteiger partial charge in [0.05, 0.1) is 20.8 Å². The zero-order valence-corrected chi connectivity index (χ0v) is 11.1. The summed E-state index contributed by atoms with van der Waals surface area (Å²) in [5, 5.41) is 3.28. The van der Waals surface area contributed by atoms with E-state index in [2.05, 4.69) is 17.2 Å². The number of nitrogens with two attached hydrogens (primary N) is 1. The molecule has 0 saturated heterocycles. The van der Waals surface area contributed by atoms with Gasteiger partial charge < -0.3 is 15.2 Å². The van der Waals surface area contributed by atoms with Gasteiger partial charge >= 0.3 is 0 Å². The van der Waals surface area contributed by atoms with Crippen molar-refractivity contribution in [1.82, 2.24) is 5.32 Å². The highest BCUT2D eigenvalue weighted by molar-refractivity contribution is 5.40. The molecule has 1 aromatic carbocycles. The van der Waals surface area contributed by atoms with Gasteiger partial charge in [-0.1, -0.05) is 5.92 Å². The van der Waals surface area contributed by atoms with E-state index in [0.29, 0.717) is 13.1 Å². The van der Waals surface area contributed by atoms with Gasteiger partial charge in [-0.15, -0.1) is 5.92 Å². The van der Waals surface area contributed by atoms with Crippen molar-refractivity contribution >= 4 is 0 Å². The van der Waals surface area contributed by atoms with Crippen LogP contribution in [0.2, 0.25) is 0 Å². The van der Waals surface area contributed by atoms with Crippen LogP contribution in [0.25, 0.3) is 0 Å². The van der Waals surface area contributed by atoms with E-state index in [-0.39, 0.29) is 6.04 Å². The molecule has 0 bridgehead atoms. The minimum atomic E-state index is 0.0369. The molecular weight excluding hydrogens is 228 g/mol. The third-order valence-electron chi connectivity index (χ3n) is 2.63. The van der Waals surface area contributed by atoms with Gasteiger partial charge in [-0.3, -0.25) is 5.32 Å². The Morgan fingerprint density at radius 3 is 2.28 bits per heavy atom. The second-order valence-corrected chi connectivity index (χ2v) is 3.74. The Balaban J connectivity index is 2.91. The molecule has 0 saturated carbocycles. The molecule has 0 amide bonds. The highest BCUT2D eigenvalue weighted by Gasteiger charge is 2.11. The Labute approximate surface area is 108 Å². The standard InChI is InChI=1S/C14H20N2O2/c1-4-5-6-16-14(10-15)11-7-12(17-2)9-13(8-11)18-3/h7-9,14,16H,6,10,15H2,1-3H3. The summed E-state index contributed by atoms with van der Waals surface area (Å²) in [5.41, 5.74) is 6.81. The number of hydrogen-bond acceptors (Lipinski definition) is 4. The van der Waals surface area contributed by atoms with E-state index in [1.165, 1.54) is 0 Å². The lowest BCUT2D eigenvalue weighted by molar-refractivity contribution is 0.392. The molecule has 18 heavy (non-hydrogen) atoms. The average molecular weight is 248 g/mol. The molecule has 98 valence electrons. The van der Waals surface area contributed by atoms with Crippen molar-refractivity contribution in [2.24, 2.45) is 5.73 Å². The fraction of sp³-hybridized carbons (Fsp3) is 0.429. The molecule has 0 heterocycles. The van der Waals surface area contributed by atoms with Crippen LogP contribution in [0.1, 0.15) is 18.5 Å². The van der Waals surface area contributed by atoms with Crippen molar-refractivity contribution in [3.63, 3.8) is 0 Å². The van der Waals surface area contributed by atoms with Crippen LogP contribution in [-0.4, -0.2) is 27.3 Å². The summed E-state index contributed by atoms with van der Waals surface area (Å²) >= 11 is 0. The van der Waals surface area contributed by atoms with E-state index in [1.807, 2.05) is 25.1 Å². The first-order valence-electron chi connectivity index (χ1n) is 5.81. The number of benzene rings is 1. The summed E-state index contributed by atoms with van der Waals surface area (Å²) in [5.74, 6) is 7.31. The zero-order chi connectivity index (χ0) is 13.4. The first-order chi connectivity index (χ1) is 8.74. The Bertz CT molecular complexity index is 413. The molecule has 3 N–H and O–H groups in total. The largest absolute Gasteiger partial charge is 0.497 e. The van der Waals surface area contributed by atoms with Crippen LogP contribution in [0.15, 0.2) is 18.2 Å². The Morgan fingerprint density at radius 1 is 1.22 bits per heavy atom. The molecule has 1 rings (SSSR count). The zero-order valence-electron chi connectivity index (χ0n) is 11.1. The first-order valence-corrected chi connectivity index (χ1v) is 5.81. The Hall–Kier alpha value is -1.70. The monoisotopic (exact) mass is 248 g/mol. The van der Waals surface area contributed by atoms with Crippen molar-refractivity contribution in [1.29, 1.82) is 0 Å². The summed E-state index contributed by atoms with van der Waals surface area (Å²) in [7, 11) is 3.26. The minimum absolute atomic E-state index is 0.0369. The van der Waals surface area contributed by atoms with E-state index < -0.39 is 0 Å². The predicted molar refractivity (Wildman–Crippen MR) is 72.8 cm³/mol. The second kappa shape index (κ2) is 7.59. The molecule has 0 radical (unpaired) electrons. The van der Waals surface area contributed by atoms with Gasteiger partial charge in [0.2, 0.25) is 0 Å². The van der Waals surface area contributed by atoms with Gasteiger partial charge in [0, 0.05) is 18.7 Å². The third-order valence-corrected chi connectivity index (χ3v) is 2.63. The van der Waals surface area contributed by atoms with E-state index in [1.54, 1.807) is 14.2 Å². The lowest BCUT2D eigenvalue weighted by Gasteiger charge is -2.17. The van der Waals surface area contributed by atoms with Crippen molar-refractivity contribution < 1.29 is 9.47 Å². The van der Waals surface area contributed by atoms with Crippen LogP contribution >= 0.6 is 0 Å². The molecular formula is C14H20N2O2. The number of nitrogens with one attached hydrogen (secondary N) is 1. The summed E-state index contributed by atoms with van der Waals surface area (Å²) in [6, 6.07) is 5.77. The van der Waals surface area contributed by atoms with Crippen LogP contribution in [0.3, 0.4) is 0 Å². The number of ether oxygens (including phenoxy) is 2.